The summed E-state index contributed by atoms with van der Waals surface area (Å²) in [4.78, 5) is 21.4. The molecule has 0 aromatic heterocycles. The minimum absolute atomic E-state index is 0.215. The van der Waals surface area contributed by atoms with Crippen LogP contribution in [0.4, 0.5) is 16.2 Å². The summed E-state index contributed by atoms with van der Waals surface area (Å²) < 4.78 is 0. The van der Waals surface area contributed by atoms with Crippen LogP contribution in [0, 0.1) is 0 Å². The molecule has 0 bridgehead atoms. The third-order valence-corrected chi connectivity index (χ3v) is 4.30. The van der Waals surface area contributed by atoms with E-state index in [0.29, 0.717) is 0 Å². The molecule has 4 nitrogen and oxygen atoms in total. The van der Waals surface area contributed by atoms with Gasteiger partial charge < -0.3 is 0 Å². The summed E-state index contributed by atoms with van der Waals surface area (Å²) in [7, 11) is 3.09. The number of fused-ring (bicyclic) bond motifs is 2. The molecule has 0 spiro atoms. The van der Waals surface area contributed by atoms with E-state index < -0.39 is 0 Å². The largest absolute Gasteiger partial charge is 0.352 e. The Morgan fingerprint density at radius 1 is 1.05 bits per heavy atom. The number of anilines is 2. The number of hydroxylamine groups is 2. The number of hydrogen-bond acceptors (Lipinski definition) is 3. The minimum Gasteiger partial charge on any atom is -0.273 e. The van der Waals surface area contributed by atoms with E-state index in [1.54, 1.807) is 23.7 Å². The van der Waals surface area contributed by atoms with Crippen LogP contribution in [-0.2, 0) is 4.84 Å². The van der Waals surface area contributed by atoms with Crippen molar-refractivity contribution in [3.8, 4) is 0 Å². The van der Waals surface area contributed by atoms with E-state index in [4.69, 9.17) is 4.84 Å². The molecule has 0 N–H and O–H groups in total. The number of benzene rings is 2. The van der Waals surface area contributed by atoms with Gasteiger partial charge in [0.1, 0.15) is 0 Å². The quantitative estimate of drug-likeness (QED) is 0.745. The SMILES string of the molecule is CON(C)C(=O)N1c2ccccc2Sc2ccccc21. The van der Waals surface area contributed by atoms with Crippen LogP contribution in [0.3, 0.4) is 0 Å². The van der Waals surface area contributed by atoms with E-state index in [1.807, 2.05) is 48.5 Å². The first-order chi connectivity index (χ1) is 9.72. The second kappa shape index (κ2) is 5.19. The molecule has 0 saturated carbocycles. The maximum Gasteiger partial charge on any atom is 0.352 e. The van der Waals surface area contributed by atoms with Gasteiger partial charge in [0, 0.05) is 16.8 Å². The van der Waals surface area contributed by atoms with Crippen LogP contribution >= 0.6 is 11.8 Å². The molecule has 2 amide bonds. The molecule has 20 heavy (non-hydrogen) atoms. The van der Waals surface area contributed by atoms with Crippen LogP contribution in [0.1, 0.15) is 0 Å². The Morgan fingerprint density at radius 2 is 1.55 bits per heavy atom. The van der Waals surface area contributed by atoms with Crippen LogP contribution in [0.25, 0.3) is 0 Å². The van der Waals surface area contributed by atoms with Gasteiger partial charge in [0.2, 0.25) is 0 Å². The van der Waals surface area contributed by atoms with Gasteiger partial charge in [-0.15, -0.1) is 0 Å². The number of carbonyl (C=O) groups excluding carboxylic acids is 1. The van der Waals surface area contributed by atoms with Crippen molar-refractivity contribution >= 4 is 29.2 Å². The van der Waals surface area contributed by atoms with Gasteiger partial charge in [0.25, 0.3) is 0 Å². The highest BCUT2D eigenvalue weighted by molar-refractivity contribution is 7.99. The van der Waals surface area contributed by atoms with Gasteiger partial charge in [-0.1, -0.05) is 36.0 Å². The van der Waals surface area contributed by atoms with E-state index in [1.165, 1.54) is 12.2 Å². The predicted octanol–water partition coefficient (Wildman–Crippen LogP) is 3.90. The molecular formula is C15H14N2O2S. The van der Waals surface area contributed by atoms with Crippen LogP contribution in [-0.4, -0.2) is 25.3 Å². The molecule has 5 heteroatoms. The first-order valence-corrected chi connectivity index (χ1v) is 7.02. The van der Waals surface area contributed by atoms with Gasteiger partial charge in [-0.05, 0) is 24.3 Å². The van der Waals surface area contributed by atoms with E-state index in [0.717, 1.165) is 21.2 Å². The standard InChI is InChI=1S/C15H14N2O2S/c1-16(19-2)15(18)17-11-7-3-5-9-13(11)20-14-10-6-4-8-12(14)17/h3-10H,1-2H3. The summed E-state index contributed by atoms with van der Waals surface area (Å²) in [6.45, 7) is 0. The Bertz CT molecular complexity index is 614. The zero-order valence-electron chi connectivity index (χ0n) is 11.2. The van der Waals surface area contributed by atoms with Crippen molar-refractivity contribution in [1.29, 1.82) is 0 Å². The molecule has 2 aromatic rings. The number of amides is 2. The van der Waals surface area contributed by atoms with Gasteiger partial charge in [-0.25, -0.2) is 9.86 Å². The lowest BCUT2D eigenvalue weighted by Crippen LogP contribution is -2.38. The Morgan fingerprint density at radius 3 is 2.05 bits per heavy atom. The lowest BCUT2D eigenvalue weighted by atomic mass is 10.2. The Balaban J connectivity index is 2.15. The topological polar surface area (TPSA) is 32.8 Å². The third-order valence-electron chi connectivity index (χ3n) is 3.17. The molecule has 1 aliphatic heterocycles. The van der Waals surface area contributed by atoms with Crippen molar-refractivity contribution in [2.75, 3.05) is 19.1 Å². The van der Waals surface area contributed by atoms with Crippen LogP contribution in [0.15, 0.2) is 58.3 Å². The normalized spacial score (nSPS) is 12.6. The highest BCUT2D eigenvalue weighted by Crippen LogP contribution is 2.48. The molecular weight excluding hydrogens is 272 g/mol. The van der Waals surface area contributed by atoms with Gasteiger partial charge >= 0.3 is 6.03 Å². The van der Waals surface area contributed by atoms with Crippen molar-refractivity contribution in [2.45, 2.75) is 9.79 Å². The second-order valence-corrected chi connectivity index (χ2v) is 5.42. The summed E-state index contributed by atoms with van der Waals surface area (Å²) in [5, 5.41) is 1.23. The molecule has 1 aliphatic rings. The van der Waals surface area contributed by atoms with E-state index in [9.17, 15) is 4.79 Å². The predicted molar refractivity (Wildman–Crippen MR) is 79.3 cm³/mol. The van der Waals surface area contributed by atoms with Gasteiger partial charge in [0.05, 0.1) is 18.5 Å². The molecule has 2 aromatic carbocycles. The first kappa shape index (κ1) is 13.0. The van der Waals surface area contributed by atoms with Crippen molar-refractivity contribution in [2.24, 2.45) is 0 Å². The Kier molecular flexibility index (Phi) is 3.38. The van der Waals surface area contributed by atoms with Crippen molar-refractivity contribution in [3.63, 3.8) is 0 Å². The monoisotopic (exact) mass is 286 g/mol. The molecule has 0 unspecified atom stereocenters. The zero-order chi connectivity index (χ0) is 14.1. The highest BCUT2D eigenvalue weighted by atomic mass is 32.2. The summed E-state index contributed by atoms with van der Waals surface area (Å²) in [5.74, 6) is 0. The molecule has 0 saturated heterocycles. The van der Waals surface area contributed by atoms with Crippen molar-refractivity contribution < 1.29 is 9.63 Å². The summed E-state index contributed by atoms with van der Waals surface area (Å²) >= 11 is 1.67. The maximum absolute atomic E-state index is 12.6. The Labute approximate surface area is 121 Å². The molecule has 3 rings (SSSR count). The summed E-state index contributed by atoms with van der Waals surface area (Å²) in [6.07, 6.45) is 0. The molecule has 1 heterocycles. The fraction of sp³-hybridized carbons (Fsp3) is 0.133. The number of rotatable bonds is 1. The lowest BCUT2D eigenvalue weighted by molar-refractivity contribution is -0.0615. The van der Waals surface area contributed by atoms with Gasteiger partial charge in [-0.2, -0.15) is 0 Å². The summed E-state index contributed by atoms with van der Waals surface area (Å²) in [6, 6.07) is 15.5. The molecule has 102 valence electrons. The average molecular weight is 286 g/mol. The molecule has 0 fully saturated rings. The smallest absolute Gasteiger partial charge is 0.273 e. The number of para-hydroxylation sites is 2. The summed E-state index contributed by atoms with van der Waals surface area (Å²) in [5.41, 5.74) is 1.76. The number of carbonyl (C=O) groups is 1. The van der Waals surface area contributed by atoms with Crippen LogP contribution in [0.5, 0.6) is 0 Å². The van der Waals surface area contributed by atoms with Gasteiger partial charge in [-0.3, -0.25) is 9.74 Å². The van der Waals surface area contributed by atoms with Crippen LogP contribution < -0.4 is 4.90 Å². The van der Waals surface area contributed by atoms with Crippen molar-refractivity contribution in [3.05, 3.63) is 48.5 Å². The van der Waals surface area contributed by atoms with Crippen LogP contribution in [0.2, 0.25) is 0 Å². The van der Waals surface area contributed by atoms with E-state index in [-0.39, 0.29) is 6.03 Å². The number of urea groups is 1. The maximum atomic E-state index is 12.6. The minimum atomic E-state index is -0.215. The number of nitrogens with zero attached hydrogens (tertiary/aromatic N) is 2. The zero-order valence-corrected chi connectivity index (χ0v) is 12.1. The van der Waals surface area contributed by atoms with Crippen molar-refractivity contribution in [1.82, 2.24) is 5.06 Å². The van der Waals surface area contributed by atoms with Gasteiger partial charge in [0.15, 0.2) is 0 Å². The lowest BCUT2D eigenvalue weighted by Gasteiger charge is -2.32. The first-order valence-electron chi connectivity index (χ1n) is 6.20. The van der Waals surface area contributed by atoms with E-state index >= 15 is 0 Å². The highest BCUT2D eigenvalue weighted by Gasteiger charge is 2.29. The average Bonchev–Trinajstić information content (AvgIpc) is 2.51. The third kappa shape index (κ3) is 2.05. The van der Waals surface area contributed by atoms with E-state index in [2.05, 4.69) is 0 Å². The molecule has 0 atom stereocenters. The second-order valence-electron chi connectivity index (χ2n) is 4.34. The fourth-order valence-electron chi connectivity index (χ4n) is 2.13. The fourth-order valence-corrected chi connectivity index (χ4v) is 3.19. The number of hydrogen-bond donors (Lipinski definition) is 0. The Hall–Kier alpha value is -1.98. The molecule has 0 aliphatic carbocycles. The molecule has 0 radical (unpaired) electrons.